The van der Waals surface area contributed by atoms with Crippen molar-refractivity contribution in [2.24, 2.45) is 0 Å². The molecule has 1 heterocycles. The Hall–Kier alpha value is -4.87. The smallest absolute Gasteiger partial charge is 0.478 e. The number of aromatic nitrogens is 2. The number of nitrogens with zero attached hydrogens (tertiary/aromatic N) is 2. The van der Waals surface area contributed by atoms with Crippen LogP contribution < -0.4 is 10.6 Å². The van der Waals surface area contributed by atoms with Gasteiger partial charge in [0.25, 0.3) is 0 Å². The maximum absolute atomic E-state index is 12.7. The topological polar surface area (TPSA) is 134 Å². The zero-order chi connectivity index (χ0) is 33.4. The van der Waals surface area contributed by atoms with Gasteiger partial charge in [0, 0.05) is 23.8 Å². The number of aromatic carboxylic acids is 1. The molecule has 0 unspecified atom stereocenters. The molecule has 46 heavy (non-hydrogen) atoms. The summed E-state index contributed by atoms with van der Waals surface area (Å²) in [6.45, 7) is 4.17. The number of imidazole rings is 1. The average molecular weight is 639 g/mol. The summed E-state index contributed by atoms with van der Waals surface area (Å²) in [5, 5.41) is 23.0. The highest BCUT2D eigenvalue weighted by atomic mass is 19.4. The minimum Gasteiger partial charge on any atom is -0.478 e. The van der Waals surface area contributed by atoms with Crippen LogP contribution in [0, 0.1) is 6.92 Å². The van der Waals surface area contributed by atoms with Gasteiger partial charge in [0.05, 0.1) is 16.6 Å². The third-order valence-corrected chi connectivity index (χ3v) is 7.83. The molecular formula is C34H37F3N4O5. The van der Waals surface area contributed by atoms with E-state index in [9.17, 15) is 27.9 Å². The lowest BCUT2D eigenvalue weighted by Gasteiger charge is -2.22. The van der Waals surface area contributed by atoms with E-state index in [0.29, 0.717) is 5.56 Å². The monoisotopic (exact) mass is 638 g/mol. The second-order valence-corrected chi connectivity index (χ2v) is 11.3. The van der Waals surface area contributed by atoms with Crippen LogP contribution in [0.15, 0.2) is 60.7 Å². The molecule has 1 aliphatic rings. The molecule has 0 aliphatic heterocycles. The number of fused-ring (bicyclic) bond motifs is 1. The second kappa shape index (κ2) is 14.9. The van der Waals surface area contributed by atoms with Crippen LogP contribution in [-0.2, 0) is 11.2 Å². The Balaban J connectivity index is 0.000000617. The number of benzene rings is 3. The first-order valence-corrected chi connectivity index (χ1v) is 15.2. The van der Waals surface area contributed by atoms with Crippen molar-refractivity contribution in [3.8, 4) is 16.8 Å². The molecule has 3 aromatic carbocycles. The number of anilines is 1. The fourth-order valence-corrected chi connectivity index (χ4v) is 5.59. The normalized spacial score (nSPS) is 13.5. The van der Waals surface area contributed by atoms with E-state index in [1.165, 1.54) is 6.42 Å². The fourth-order valence-electron chi connectivity index (χ4n) is 5.59. The Kier molecular flexibility index (Phi) is 11.0. The molecule has 1 aromatic heterocycles. The highest BCUT2D eigenvalue weighted by molar-refractivity contribution is 5.97. The van der Waals surface area contributed by atoms with Gasteiger partial charge in [-0.05, 0) is 79.3 Å². The molecule has 4 N–H and O–H groups in total. The van der Waals surface area contributed by atoms with Crippen molar-refractivity contribution in [2.75, 3.05) is 5.32 Å². The molecule has 9 nitrogen and oxygen atoms in total. The Morgan fingerprint density at radius 3 is 2.28 bits per heavy atom. The quantitative estimate of drug-likeness (QED) is 0.154. The molecule has 1 saturated carbocycles. The van der Waals surface area contributed by atoms with Gasteiger partial charge in [0.15, 0.2) is 0 Å². The maximum Gasteiger partial charge on any atom is 0.490 e. The highest BCUT2D eigenvalue weighted by Crippen LogP contribution is 2.31. The van der Waals surface area contributed by atoms with Crippen LogP contribution >= 0.6 is 0 Å². The lowest BCUT2D eigenvalue weighted by Crippen LogP contribution is -2.39. The van der Waals surface area contributed by atoms with Crippen LogP contribution in [0.2, 0.25) is 0 Å². The van der Waals surface area contributed by atoms with Crippen molar-refractivity contribution in [1.82, 2.24) is 14.9 Å². The van der Waals surface area contributed by atoms with E-state index in [-0.39, 0.29) is 17.6 Å². The van der Waals surface area contributed by atoms with Gasteiger partial charge in [-0.1, -0.05) is 56.9 Å². The van der Waals surface area contributed by atoms with Gasteiger partial charge in [-0.3, -0.25) is 4.57 Å². The summed E-state index contributed by atoms with van der Waals surface area (Å²) in [5.41, 5.74) is 6.33. The molecular weight excluding hydrogens is 601 g/mol. The van der Waals surface area contributed by atoms with Crippen molar-refractivity contribution in [2.45, 2.75) is 77.4 Å². The zero-order valence-electron chi connectivity index (χ0n) is 25.7. The van der Waals surface area contributed by atoms with Crippen LogP contribution in [0.1, 0.15) is 73.6 Å². The van der Waals surface area contributed by atoms with Crippen LogP contribution in [-0.4, -0.2) is 50.0 Å². The lowest BCUT2D eigenvalue weighted by atomic mass is 9.95. The SMILES string of the molecule is CCCCc1nc2ccc(NC(=O)NC3CCCCC3)cc2n1-c1ccc(-c2ccccc2C(=O)O)c(C)c1.O=C(O)C(F)(F)F. The fraction of sp³-hybridized carbons (Fsp3) is 0.353. The van der Waals surface area contributed by atoms with Gasteiger partial charge in [-0.15, -0.1) is 0 Å². The largest absolute Gasteiger partial charge is 0.490 e. The molecule has 12 heteroatoms. The minimum atomic E-state index is -5.08. The molecule has 0 atom stereocenters. The Labute approximate surface area is 264 Å². The summed E-state index contributed by atoms with van der Waals surface area (Å²) in [4.78, 5) is 38.4. The third-order valence-electron chi connectivity index (χ3n) is 7.83. The highest BCUT2D eigenvalue weighted by Gasteiger charge is 2.38. The number of hydrogen-bond donors (Lipinski definition) is 4. The number of carbonyl (C=O) groups excluding carboxylic acids is 1. The first kappa shape index (κ1) is 34.0. The average Bonchev–Trinajstić information content (AvgIpc) is 3.37. The summed E-state index contributed by atoms with van der Waals surface area (Å²) in [6, 6.07) is 19.1. The number of carboxylic acids is 2. The van der Waals surface area contributed by atoms with Crippen molar-refractivity contribution in [3.63, 3.8) is 0 Å². The van der Waals surface area contributed by atoms with Gasteiger partial charge < -0.3 is 20.8 Å². The van der Waals surface area contributed by atoms with Gasteiger partial charge in [0.2, 0.25) is 0 Å². The molecule has 0 saturated heterocycles. The number of unbranched alkanes of at least 4 members (excludes halogenated alkanes) is 1. The Morgan fingerprint density at radius 1 is 0.957 bits per heavy atom. The number of urea groups is 1. The number of carboxylic acid groups (broad SMARTS) is 2. The Bertz CT molecular complexity index is 1710. The zero-order valence-corrected chi connectivity index (χ0v) is 25.7. The van der Waals surface area contributed by atoms with E-state index in [2.05, 4.69) is 28.2 Å². The Morgan fingerprint density at radius 2 is 1.65 bits per heavy atom. The van der Waals surface area contributed by atoms with Gasteiger partial charge in [-0.25, -0.2) is 19.4 Å². The molecule has 1 fully saturated rings. The first-order chi connectivity index (χ1) is 21.9. The van der Waals surface area contributed by atoms with Crippen LogP contribution in [0.25, 0.3) is 27.8 Å². The van der Waals surface area contributed by atoms with Crippen molar-refractivity contribution < 1.29 is 37.8 Å². The number of hydrogen-bond acceptors (Lipinski definition) is 4. The number of nitrogens with one attached hydrogen (secondary N) is 2. The van der Waals surface area contributed by atoms with E-state index in [1.54, 1.807) is 12.1 Å². The molecule has 244 valence electrons. The lowest BCUT2D eigenvalue weighted by molar-refractivity contribution is -0.192. The molecule has 5 rings (SSSR count). The third kappa shape index (κ3) is 8.43. The molecule has 0 spiro atoms. The number of amides is 2. The summed E-state index contributed by atoms with van der Waals surface area (Å²) >= 11 is 0. The van der Waals surface area contributed by atoms with E-state index >= 15 is 0 Å². The van der Waals surface area contributed by atoms with Crippen LogP contribution in [0.3, 0.4) is 0 Å². The molecule has 1 aliphatic carbocycles. The summed E-state index contributed by atoms with van der Waals surface area (Å²) < 4.78 is 33.9. The van der Waals surface area contributed by atoms with Gasteiger partial charge in [0.1, 0.15) is 5.82 Å². The van der Waals surface area contributed by atoms with E-state index in [4.69, 9.17) is 14.9 Å². The predicted octanol–water partition coefficient (Wildman–Crippen LogP) is 8.13. The molecule has 2 amide bonds. The summed E-state index contributed by atoms with van der Waals surface area (Å²) in [6.07, 6.45) is 3.46. The second-order valence-electron chi connectivity index (χ2n) is 11.3. The number of aliphatic carboxylic acids is 1. The van der Waals surface area contributed by atoms with E-state index in [1.807, 2.05) is 49.4 Å². The van der Waals surface area contributed by atoms with Crippen molar-refractivity contribution in [1.29, 1.82) is 0 Å². The van der Waals surface area contributed by atoms with Crippen molar-refractivity contribution in [3.05, 3.63) is 77.6 Å². The maximum atomic E-state index is 12.7. The number of alkyl halides is 3. The van der Waals surface area contributed by atoms with Gasteiger partial charge in [-0.2, -0.15) is 13.2 Å². The number of carbonyl (C=O) groups is 3. The number of aryl methyl sites for hydroxylation is 2. The predicted molar refractivity (Wildman–Crippen MR) is 170 cm³/mol. The summed E-state index contributed by atoms with van der Waals surface area (Å²) in [7, 11) is 0. The molecule has 0 bridgehead atoms. The number of rotatable bonds is 8. The standard InChI is InChI=1S/C32H36N4O3.C2HF3O2/c1-3-4-14-30-35-28-18-15-23(34-32(39)33-22-10-6-5-7-11-22)20-29(28)36(30)24-16-17-25(21(2)19-24)26-12-8-9-13-27(26)31(37)38;3-2(4,5)1(6)7/h8-9,12-13,15-20,22H,3-7,10-11,14H2,1-2H3,(H,37,38)(H2,33,34,39);(H,6,7). The van der Waals surface area contributed by atoms with Gasteiger partial charge >= 0.3 is 24.1 Å². The van der Waals surface area contributed by atoms with Crippen LogP contribution in [0.5, 0.6) is 0 Å². The summed E-state index contributed by atoms with van der Waals surface area (Å²) in [5.74, 6) is -2.73. The van der Waals surface area contributed by atoms with E-state index in [0.717, 1.165) is 84.3 Å². The van der Waals surface area contributed by atoms with Crippen LogP contribution in [0.4, 0.5) is 23.7 Å². The molecule has 4 aromatic rings. The minimum absolute atomic E-state index is 0.171. The van der Waals surface area contributed by atoms with Crippen molar-refractivity contribution >= 4 is 34.7 Å². The molecule has 0 radical (unpaired) electrons. The number of halogens is 3. The van der Waals surface area contributed by atoms with E-state index < -0.39 is 18.1 Å². The first-order valence-electron chi connectivity index (χ1n) is 15.2.